The van der Waals surface area contributed by atoms with Gasteiger partial charge in [0, 0.05) is 0 Å². The van der Waals surface area contributed by atoms with Crippen molar-refractivity contribution in [1.82, 2.24) is 0 Å². The molecule has 0 N–H and O–H groups in total. The minimum absolute atomic E-state index is 0.221. The van der Waals surface area contributed by atoms with Crippen molar-refractivity contribution in [3.8, 4) is 0 Å². The van der Waals surface area contributed by atoms with Crippen molar-refractivity contribution in [1.29, 1.82) is 0 Å². The fourth-order valence-corrected chi connectivity index (χ4v) is 0.777. The van der Waals surface area contributed by atoms with E-state index in [-0.39, 0.29) is 6.29 Å². The van der Waals surface area contributed by atoms with Gasteiger partial charge in [-0.2, -0.15) is 0 Å². The fraction of sp³-hybridized carbons (Fsp3) is 0.667. The number of hydrogen-bond acceptors (Lipinski definition) is 2. The summed E-state index contributed by atoms with van der Waals surface area (Å²) in [6.07, 6.45) is 3.63. The van der Waals surface area contributed by atoms with Crippen LogP contribution in [0.1, 0.15) is 0 Å². The second kappa shape index (κ2) is 3.88. The van der Waals surface area contributed by atoms with Crippen LogP contribution < -0.4 is 0 Å². The van der Waals surface area contributed by atoms with Crippen LogP contribution in [0.4, 0.5) is 0 Å². The first-order valence-electron chi connectivity index (χ1n) is 2.87. The van der Waals surface area contributed by atoms with Gasteiger partial charge >= 0.3 is 0 Å². The third-order valence-electron chi connectivity index (χ3n) is 1.05. The topological polar surface area (TPSA) is 18.5 Å². The summed E-state index contributed by atoms with van der Waals surface area (Å²) in [4.78, 5) is 0. The number of alkyl halides is 1. The van der Waals surface area contributed by atoms with Crippen LogP contribution in [0.15, 0.2) is 12.2 Å². The molecule has 0 saturated carbocycles. The standard InChI is InChI=1S/C6H9ClO2/c7-5-6-8-3-1-2-4-9-6/h1-2,6H,3-5H2. The number of hydrogen-bond donors (Lipinski definition) is 0. The smallest absolute Gasteiger partial charge is 0.171 e. The highest BCUT2D eigenvalue weighted by molar-refractivity contribution is 6.18. The van der Waals surface area contributed by atoms with E-state index in [2.05, 4.69) is 0 Å². The molecule has 3 heteroatoms. The van der Waals surface area contributed by atoms with Gasteiger partial charge in [-0.25, -0.2) is 0 Å². The highest BCUT2D eigenvalue weighted by atomic mass is 35.5. The average Bonchev–Trinajstić information content (AvgIpc) is 2.13. The summed E-state index contributed by atoms with van der Waals surface area (Å²) in [7, 11) is 0. The van der Waals surface area contributed by atoms with Crippen molar-refractivity contribution in [2.75, 3.05) is 19.1 Å². The van der Waals surface area contributed by atoms with Crippen LogP contribution in [0.5, 0.6) is 0 Å². The van der Waals surface area contributed by atoms with Crippen LogP contribution in [0, 0.1) is 0 Å². The largest absolute Gasteiger partial charge is 0.347 e. The first-order valence-corrected chi connectivity index (χ1v) is 3.41. The van der Waals surface area contributed by atoms with Gasteiger partial charge in [-0.3, -0.25) is 0 Å². The Bertz CT molecular complexity index is 93.2. The van der Waals surface area contributed by atoms with E-state index in [1.54, 1.807) is 0 Å². The molecule has 52 valence electrons. The molecule has 0 saturated heterocycles. The molecule has 0 unspecified atom stereocenters. The fourth-order valence-electron chi connectivity index (χ4n) is 0.599. The van der Waals surface area contributed by atoms with Crippen LogP contribution in [0.3, 0.4) is 0 Å². The Morgan fingerprint density at radius 3 is 2.33 bits per heavy atom. The third kappa shape index (κ3) is 2.35. The normalized spacial score (nSPS) is 21.9. The molecule has 1 aliphatic rings. The molecular weight excluding hydrogens is 140 g/mol. The second-order valence-corrected chi connectivity index (χ2v) is 2.03. The van der Waals surface area contributed by atoms with Crippen molar-refractivity contribution in [2.24, 2.45) is 0 Å². The minimum atomic E-state index is -0.221. The van der Waals surface area contributed by atoms with Gasteiger partial charge in [0.25, 0.3) is 0 Å². The van der Waals surface area contributed by atoms with Crippen LogP contribution in [0.2, 0.25) is 0 Å². The summed E-state index contributed by atoms with van der Waals surface area (Å²) in [5.41, 5.74) is 0. The van der Waals surface area contributed by atoms with Crippen LogP contribution in [0.25, 0.3) is 0 Å². The van der Waals surface area contributed by atoms with E-state index in [1.165, 1.54) is 0 Å². The van der Waals surface area contributed by atoms with Gasteiger partial charge in [0.15, 0.2) is 6.29 Å². The molecule has 0 aromatic rings. The highest BCUT2D eigenvalue weighted by Crippen LogP contribution is 2.01. The second-order valence-electron chi connectivity index (χ2n) is 1.72. The lowest BCUT2D eigenvalue weighted by atomic mass is 10.5. The van der Waals surface area contributed by atoms with E-state index < -0.39 is 0 Å². The Morgan fingerprint density at radius 2 is 1.89 bits per heavy atom. The van der Waals surface area contributed by atoms with Crippen molar-refractivity contribution in [3.63, 3.8) is 0 Å². The Morgan fingerprint density at radius 1 is 1.33 bits per heavy atom. The Kier molecular flexibility index (Phi) is 3.04. The van der Waals surface area contributed by atoms with E-state index in [0.29, 0.717) is 19.1 Å². The zero-order chi connectivity index (χ0) is 6.53. The van der Waals surface area contributed by atoms with Crippen molar-refractivity contribution in [3.05, 3.63) is 12.2 Å². The van der Waals surface area contributed by atoms with Crippen LogP contribution in [-0.2, 0) is 9.47 Å². The summed E-state index contributed by atoms with van der Waals surface area (Å²) in [6, 6.07) is 0. The molecule has 0 amide bonds. The average molecular weight is 149 g/mol. The molecule has 9 heavy (non-hydrogen) atoms. The van der Waals surface area contributed by atoms with Gasteiger partial charge < -0.3 is 9.47 Å². The van der Waals surface area contributed by atoms with E-state index in [4.69, 9.17) is 21.1 Å². The predicted molar refractivity (Wildman–Crippen MR) is 35.6 cm³/mol. The summed E-state index contributed by atoms with van der Waals surface area (Å²) in [5.74, 6) is 0.404. The SMILES string of the molecule is ClCC1OCC=CCO1. The van der Waals surface area contributed by atoms with Gasteiger partial charge in [-0.15, -0.1) is 11.6 Å². The quantitative estimate of drug-likeness (QED) is 0.410. The van der Waals surface area contributed by atoms with E-state index in [9.17, 15) is 0 Å². The van der Waals surface area contributed by atoms with E-state index >= 15 is 0 Å². The highest BCUT2D eigenvalue weighted by Gasteiger charge is 2.06. The van der Waals surface area contributed by atoms with Crippen molar-refractivity contribution in [2.45, 2.75) is 6.29 Å². The molecule has 0 aliphatic carbocycles. The molecule has 1 aliphatic heterocycles. The monoisotopic (exact) mass is 148 g/mol. The zero-order valence-corrected chi connectivity index (χ0v) is 5.80. The lowest BCUT2D eigenvalue weighted by Crippen LogP contribution is -2.17. The van der Waals surface area contributed by atoms with Gasteiger partial charge in [0.2, 0.25) is 0 Å². The maximum absolute atomic E-state index is 5.48. The van der Waals surface area contributed by atoms with Gasteiger partial charge in [-0.05, 0) is 0 Å². The molecule has 0 spiro atoms. The lowest BCUT2D eigenvalue weighted by Gasteiger charge is -2.10. The first kappa shape index (κ1) is 7.06. The molecule has 0 bridgehead atoms. The Labute approximate surface area is 59.4 Å². The van der Waals surface area contributed by atoms with Crippen molar-refractivity contribution < 1.29 is 9.47 Å². The summed E-state index contributed by atoms with van der Waals surface area (Å²) < 4.78 is 10.2. The third-order valence-corrected chi connectivity index (χ3v) is 1.30. The molecule has 2 nitrogen and oxygen atoms in total. The zero-order valence-electron chi connectivity index (χ0n) is 5.05. The number of halogens is 1. The van der Waals surface area contributed by atoms with Gasteiger partial charge in [-0.1, -0.05) is 12.2 Å². The molecule has 1 rings (SSSR count). The van der Waals surface area contributed by atoms with Crippen LogP contribution >= 0.6 is 11.6 Å². The minimum Gasteiger partial charge on any atom is -0.347 e. The first-order chi connectivity index (χ1) is 4.43. The molecular formula is C6H9ClO2. The molecule has 0 radical (unpaired) electrons. The van der Waals surface area contributed by atoms with E-state index in [0.717, 1.165) is 0 Å². The van der Waals surface area contributed by atoms with Crippen LogP contribution in [-0.4, -0.2) is 25.4 Å². The van der Waals surface area contributed by atoms with Gasteiger partial charge in [0.1, 0.15) is 0 Å². The lowest BCUT2D eigenvalue weighted by molar-refractivity contribution is -0.105. The molecule has 0 atom stereocenters. The van der Waals surface area contributed by atoms with E-state index in [1.807, 2.05) is 12.2 Å². The molecule has 0 fully saturated rings. The maximum atomic E-state index is 5.48. The van der Waals surface area contributed by atoms with Gasteiger partial charge in [0.05, 0.1) is 19.1 Å². The maximum Gasteiger partial charge on any atom is 0.171 e. The predicted octanol–water partition coefficient (Wildman–Crippen LogP) is 1.15. The summed E-state index contributed by atoms with van der Waals surface area (Å²) >= 11 is 5.48. The number of ether oxygens (including phenoxy) is 2. The van der Waals surface area contributed by atoms with Crippen molar-refractivity contribution >= 4 is 11.6 Å². The summed E-state index contributed by atoms with van der Waals surface area (Å²) in [6.45, 7) is 1.22. The summed E-state index contributed by atoms with van der Waals surface area (Å²) in [5, 5.41) is 0. The molecule has 0 aromatic carbocycles. The molecule has 0 aromatic heterocycles. The number of rotatable bonds is 1. The molecule has 1 heterocycles. The Hall–Kier alpha value is -0.0500. The Balaban J connectivity index is 2.26.